The third kappa shape index (κ3) is 5.51. The minimum atomic E-state index is -1.08. The predicted octanol–water partition coefficient (Wildman–Crippen LogP) is 4.43. The van der Waals surface area contributed by atoms with E-state index in [1.165, 1.54) is 6.21 Å². The third-order valence-corrected chi connectivity index (χ3v) is 5.02. The fraction of sp³-hybridized carbons (Fsp3) is 0.150. The summed E-state index contributed by atoms with van der Waals surface area (Å²) in [6.07, 6.45) is 1.43. The van der Waals surface area contributed by atoms with E-state index in [0.29, 0.717) is 29.3 Å². The van der Waals surface area contributed by atoms with Gasteiger partial charge >= 0.3 is 11.9 Å². The maximum absolute atomic E-state index is 12.3. The molecule has 2 N–H and O–H groups in total. The van der Waals surface area contributed by atoms with Crippen molar-refractivity contribution in [2.24, 2.45) is 5.10 Å². The SMILES string of the molecule is CCOc1cc(/C=N\NC(=O)c2cc3cc(Br)cc(I)c3o2)ccc1OCC(=O)O. The Morgan fingerprint density at radius 3 is 2.77 bits per heavy atom. The number of furan rings is 1. The summed E-state index contributed by atoms with van der Waals surface area (Å²) in [5.74, 6) is -0.736. The Bertz CT molecular complexity index is 1130. The summed E-state index contributed by atoms with van der Waals surface area (Å²) in [5.41, 5.74) is 3.68. The minimum absolute atomic E-state index is 0.144. The highest BCUT2D eigenvalue weighted by Gasteiger charge is 2.14. The van der Waals surface area contributed by atoms with Crippen LogP contribution in [0.4, 0.5) is 0 Å². The van der Waals surface area contributed by atoms with Crippen LogP contribution in [-0.4, -0.2) is 36.4 Å². The molecule has 0 spiro atoms. The lowest BCUT2D eigenvalue weighted by atomic mass is 10.2. The van der Waals surface area contributed by atoms with Gasteiger partial charge in [-0.05, 0) is 71.5 Å². The van der Waals surface area contributed by atoms with Crippen LogP contribution in [0.3, 0.4) is 0 Å². The summed E-state index contributed by atoms with van der Waals surface area (Å²) in [4.78, 5) is 23.0. The van der Waals surface area contributed by atoms with Crippen molar-refractivity contribution in [1.29, 1.82) is 0 Å². The third-order valence-electron chi connectivity index (χ3n) is 3.76. The molecule has 0 aliphatic carbocycles. The fourth-order valence-corrected chi connectivity index (χ4v) is 4.20. The molecule has 1 heterocycles. The molecule has 1 amide bonds. The van der Waals surface area contributed by atoms with Crippen LogP contribution in [0.15, 0.2) is 50.4 Å². The first-order valence-corrected chi connectivity index (χ1v) is 10.6. The number of ether oxygens (including phenoxy) is 2. The van der Waals surface area contributed by atoms with Crippen molar-refractivity contribution in [3.8, 4) is 11.5 Å². The molecule has 0 aliphatic rings. The normalized spacial score (nSPS) is 11.0. The van der Waals surface area contributed by atoms with Crippen LogP contribution in [-0.2, 0) is 4.79 Å². The molecular weight excluding hydrogens is 571 g/mol. The topological polar surface area (TPSA) is 110 Å². The zero-order chi connectivity index (χ0) is 21.7. The van der Waals surface area contributed by atoms with Crippen LogP contribution in [0.1, 0.15) is 23.0 Å². The van der Waals surface area contributed by atoms with E-state index >= 15 is 0 Å². The van der Waals surface area contributed by atoms with Gasteiger partial charge in [0.05, 0.1) is 16.4 Å². The molecule has 156 valence electrons. The first-order chi connectivity index (χ1) is 14.4. The van der Waals surface area contributed by atoms with Gasteiger partial charge in [-0.25, -0.2) is 10.2 Å². The number of fused-ring (bicyclic) bond motifs is 1. The summed E-state index contributed by atoms with van der Waals surface area (Å²) in [6.45, 7) is 1.70. The molecule has 0 atom stereocenters. The van der Waals surface area contributed by atoms with Gasteiger partial charge in [0.1, 0.15) is 5.58 Å². The first-order valence-electron chi connectivity index (χ1n) is 8.70. The number of benzene rings is 2. The molecule has 0 radical (unpaired) electrons. The second-order valence-electron chi connectivity index (χ2n) is 5.94. The maximum Gasteiger partial charge on any atom is 0.341 e. The summed E-state index contributed by atoms with van der Waals surface area (Å²) in [6, 6.07) is 10.3. The number of hydrazone groups is 1. The van der Waals surface area contributed by atoms with Crippen LogP contribution in [0.25, 0.3) is 11.0 Å². The van der Waals surface area contributed by atoms with E-state index < -0.39 is 18.5 Å². The van der Waals surface area contributed by atoms with Crippen molar-refractivity contribution in [3.63, 3.8) is 0 Å². The monoisotopic (exact) mass is 586 g/mol. The fourth-order valence-electron chi connectivity index (χ4n) is 2.54. The number of aliphatic carboxylic acids is 1. The van der Waals surface area contributed by atoms with Gasteiger partial charge < -0.3 is 19.0 Å². The molecule has 0 aliphatic heterocycles. The van der Waals surface area contributed by atoms with Crippen LogP contribution >= 0.6 is 38.5 Å². The Balaban J connectivity index is 1.71. The van der Waals surface area contributed by atoms with Gasteiger partial charge in [0.2, 0.25) is 0 Å². The molecule has 1 aromatic heterocycles. The zero-order valence-corrected chi connectivity index (χ0v) is 19.4. The Morgan fingerprint density at radius 1 is 1.23 bits per heavy atom. The predicted molar refractivity (Wildman–Crippen MR) is 122 cm³/mol. The van der Waals surface area contributed by atoms with Crippen molar-refractivity contribution >= 4 is 67.6 Å². The average molecular weight is 587 g/mol. The summed E-state index contributed by atoms with van der Waals surface area (Å²) < 4.78 is 18.1. The van der Waals surface area contributed by atoms with Gasteiger partial charge in [0, 0.05) is 9.86 Å². The lowest BCUT2D eigenvalue weighted by molar-refractivity contribution is -0.139. The number of hydrogen-bond acceptors (Lipinski definition) is 6. The van der Waals surface area contributed by atoms with Gasteiger partial charge in [0.25, 0.3) is 0 Å². The van der Waals surface area contributed by atoms with Crippen molar-refractivity contribution in [2.75, 3.05) is 13.2 Å². The van der Waals surface area contributed by atoms with E-state index in [0.717, 1.165) is 13.4 Å². The molecule has 0 saturated carbocycles. The molecule has 0 bridgehead atoms. The summed E-state index contributed by atoms with van der Waals surface area (Å²) in [5, 5.41) is 13.5. The lowest BCUT2D eigenvalue weighted by Gasteiger charge is -2.11. The van der Waals surface area contributed by atoms with Crippen LogP contribution in [0.2, 0.25) is 0 Å². The van der Waals surface area contributed by atoms with Crippen LogP contribution in [0, 0.1) is 3.57 Å². The minimum Gasteiger partial charge on any atom is -0.490 e. The number of amides is 1. The summed E-state index contributed by atoms with van der Waals surface area (Å²) in [7, 11) is 0. The second kappa shape index (κ2) is 9.94. The zero-order valence-electron chi connectivity index (χ0n) is 15.6. The molecule has 0 saturated heterocycles. The highest BCUT2D eigenvalue weighted by molar-refractivity contribution is 14.1. The van der Waals surface area contributed by atoms with Gasteiger partial charge in [-0.2, -0.15) is 5.10 Å². The Labute approximate surface area is 193 Å². The number of hydrogen-bond donors (Lipinski definition) is 2. The molecule has 10 heteroatoms. The smallest absolute Gasteiger partial charge is 0.341 e. The lowest BCUT2D eigenvalue weighted by Crippen LogP contribution is -2.16. The summed E-state index contributed by atoms with van der Waals surface area (Å²) >= 11 is 5.56. The van der Waals surface area contributed by atoms with Crippen LogP contribution in [0.5, 0.6) is 11.5 Å². The number of nitrogens with zero attached hydrogens (tertiary/aromatic N) is 1. The van der Waals surface area contributed by atoms with Crippen molar-refractivity contribution in [3.05, 3.63) is 55.8 Å². The second-order valence-corrected chi connectivity index (χ2v) is 8.02. The van der Waals surface area contributed by atoms with Crippen molar-refractivity contribution in [1.82, 2.24) is 5.43 Å². The molecule has 0 fully saturated rings. The number of carboxylic acid groups (broad SMARTS) is 1. The number of rotatable bonds is 8. The number of halogens is 2. The molecule has 8 nitrogen and oxygen atoms in total. The largest absolute Gasteiger partial charge is 0.490 e. The first kappa shape index (κ1) is 22.1. The quantitative estimate of drug-likeness (QED) is 0.230. The molecular formula is C20H16BrIN2O6. The molecule has 3 aromatic rings. The van der Waals surface area contributed by atoms with Crippen molar-refractivity contribution < 1.29 is 28.6 Å². The van der Waals surface area contributed by atoms with E-state index in [2.05, 4.69) is 49.0 Å². The number of carbonyl (C=O) groups excluding carboxylic acids is 1. The van der Waals surface area contributed by atoms with E-state index in [4.69, 9.17) is 19.0 Å². The van der Waals surface area contributed by atoms with E-state index in [1.54, 1.807) is 31.2 Å². The standard InChI is InChI=1S/C20H16BrIN2O6/c1-2-28-16-5-11(3-4-15(16)29-10-18(25)26)9-23-24-20(27)17-7-12-6-13(21)8-14(22)19(12)30-17/h3-9H,2,10H2,1H3,(H,24,27)(H,25,26)/b23-9-. The van der Waals surface area contributed by atoms with Gasteiger partial charge in [-0.15, -0.1) is 0 Å². The molecule has 30 heavy (non-hydrogen) atoms. The van der Waals surface area contributed by atoms with E-state index in [1.807, 2.05) is 12.1 Å². The highest BCUT2D eigenvalue weighted by Crippen LogP contribution is 2.29. The van der Waals surface area contributed by atoms with Gasteiger partial charge in [-0.1, -0.05) is 15.9 Å². The number of carboxylic acids is 1. The van der Waals surface area contributed by atoms with Crippen molar-refractivity contribution in [2.45, 2.75) is 6.92 Å². The van der Waals surface area contributed by atoms with Crippen LogP contribution < -0.4 is 14.9 Å². The number of carbonyl (C=O) groups is 2. The van der Waals surface area contributed by atoms with Gasteiger partial charge in [-0.3, -0.25) is 4.79 Å². The van der Waals surface area contributed by atoms with E-state index in [9.17, 15) is 9.59 Å². The highest BCUT2D eigenvalue weighted by atomic mass is 127. The van der Waals surface area contributed by atoms with E-state index in [-0.39, 0.29) is 5.76 Å². The molecule has 2 aromatic carbocycles. The Morgan fingerprint density at radius 2 is 2.03 bits per heavy atom. The Kier molecular flexibility index (Phi) is 7.32. The average Bonchev–Trinajstić information content (AvgIpc) is 3.12. The molecule has 0 unspecified atom stereocenters. The molecule has 3 rings (SSSR count). The maximum atomic E-state index is 12.3. The Hall–Kier alpha value is -2.60. The number of nitrogens with one attached hydrogen (secondary N) is 1. The van der Waals surface area contributed by atoms with Gasteiger partial charge in [0.15, 0.2) is 23.9 Å².